The summed E-state index contributed by atoms with van der Waals surface area (Å²) in [7, 11) is 0. The topological polar surface area (TPSA) is 59.8 Å². The van der Waals surface area contributed by atoms with Gasteiger partial charge in [-0.3, -0.25) is 4.79 Å². The lowest BCUT2D eigenvalue weighted by atomic mass is 10.2. The van der Waals surface area contributed by atoms with Gasteiger partial charge in [0.1, 0.15) is 11.6 Å². The van der Waals surface area contributed by atoms with Crippen molar-refractivity contribution in [1.29, 1.82) is 0 Å². The summed E-state index contributed by atoms with van der Waals surface area (Å²) in [5.74, 6) is -0.789. The molecule has 0 aliphatic heterocycles. The van der Waals surface area contributed by atoms with Crippen LogP contribution in [-0.2, 0) is 11.3 Å². The van der Waals surface area contributed by atoms with E-state index in [0.29, 0.717) is 23.1 Å². The van der Waals surface area contributed by atoms with Crippen molar-refractivity contribution in [3.05, 3.63) is 59.7 Å². The van der Waals surface area contributed by atoms with E-state index < -0.39 is 5.82 Å². The third-order valence-corrected chi connectivity index (χ3v) is 4.85. The van der Waals surface area contributed by atoms with Crippen LogP contribution in [0.25, 0.3) is 11.4 Å². The van der Waals surface area contributed by atoms with Gasteiger partial charge in [-0.2, -0.15) is 0 Å². The molecule has 1 N–H and O–H groups in total. The molecule has 2 aromatic carbocycles. The highest BCUT2D eigenvalue weighted by Crippen LogP contribution is 2.26. The predicted octanol–water partition coefficient (Wildman–Crippen LogP) is 4.28. The highest BCUT2D eigenvalue weighted by atomic mass is 32.2. The molecule has 0 aliphatic rings. The minimum atomic E-state index is -0.480. The van der Waals surface area contributed by atoms with Crippen molar-refractivity contribution in [1.82, 2.24) is 14.8 Å². The molecule has 0 bridgehead atoms. The van der Waals surface area contributed by atoms with Gasteiger partial charge in [0.25, 0.3) is 0 Å². The molecule has 0 fully saturated rings. The van der Waals surface area contributed by atoms with Gasteiger partial charge in [0, 0.05) is 6.54 Å². The SMILES string of the molecule is CCn1c(SCC(=O)Nc2ccc(C)cc2F)nnc1-c1ccccc1F. The highest BCUT2D eigenvalue weighted by Gasteiger charge is 2.17. The molecular formula is C19H18F2N4OS. The Morgan fingerprint density at radius 3 is 2.63 bits per heavy atom. The number of benzene rings is 2. The number of nitrogens with one attached hydrogen (secondary N) is 1. The van der Waals surface area contributed by atoms with Crippen LogP contribution in [0.5, 0.6) is 0 Å². The van der Waals surface area contributed by atoms with E-state index in [9.17, 15) is 13.6 Å². The molecule has 0 unspecified atom stereocenters. The summed E-state index contributed by atoms with van der Waals surface area (Å²) < 4.78 is 29.6. The summed E-state index contributed by atoms with van der Waals surface area (Å²) in [6.07, 6.45) is 0. The number of halogens is 2. The normalized spacial score (nSPS) is 10.8. The van der Waals surface area contributed by atoms with Crippen molar-refractivity contribution < 1.29 is 13.6 Å². The number of aryl methyl sites for hydroxylation is 1. The second-order valence-corrected chi connectivity index (χ2v) is 6.79. The van der Waals surface area contributed by atoms with Gasteiger partial charge < -0.3 is 9.88 Å². The Hall–Kier alpha value is -2.74. The smallest absolute Gasteiger partial charge is 0.234 e. The first-order valence-corrected chi connectivity index (χ1v) is 9.35. The van der Waals surface area contributed by atoms with Crippen LogP contribution < -0.4 is 5.32 Å². The van der Waals surface area contributed by atoms with Gasteiger partial charge in [0.15, 0.2) is 11.0 Å². The van der Waals surface area contributed by atoms with E-state index in [1.807, 2.05) is 6.92 Å². The average Bonchev–Trinajstić information content (AvgIpc) is 3.05. The number of hydrogen-bond donors (Lipinski definition) is 1. The number of thioether (sulfide) groups is 1. The maximum Gasteiger partial charge on any atom is 0.234 e. The molecule has 3 aromatic rings. The molecule has 0 saturated carbocycles. The lowest BCUT2D eigenvalue weighted by Gasteiger charge is -2.09. The van der Waals surface area contributed by atoms with Gasteiger partial charge in [-0.05, 0) is 43.7 Å². The van der Waals surface area contributed by atoms with Crippen molar-refractivity contribution in [3.8, 4) is 11.4 Å². The Labute approximate surface area is 159 Å². The van der Waals surface area contributed by atoms with E-state index in [1.54, 1.807) is 35.8 Å². The summed E-state index contributed by atoms with van der Waals surface area (Å²) >= 11 is 1.16. The quantitative estimate of drug-likeness (QED) is 0.640. The summed E-state index contributed by atoms with van der Waals surface area (Å²) in [5.41, 5.74) is 1.26. The molecular weight excluding hydrogens is 370 g/mol. The van der Waals surface area contributed by atoms with E-state index in [1.165, 1.54) is 18.2 Å². The van der Waals surface area contributed by atoms with Gasteiger partial charge in [-0.25, -0.2) is 8.78 Å². The van der Waals surface area contributed by atoms with Crippen LogP contribution in [-0.4, -0.2) is 26.4 Å². The fraction of sp³-hybridized carbons (Fsp3) is 0.211. The zero-order valence-corrected chi connectivity index (χ0v) is 15.7. The highest BCUT2D eigenvalue weighted by molar-refractivity contribution is 7.99. The third kappa shape index (κ3) is 4.33. The zero-order chi connectivity index (χ0) is 19.4. The summed E-state index contributed by atoms with van der Waals surface area (Å²) in [6.45, 7) is 4.18. The Kier molecular flexibility index (Phi) is 5.85. The first kappa shape index (κ1) is 19.0. The molecule has 1 aromatic heterocycles. The van der Waals surface area contributed by atoms with Gasteiger partial charge in [-0.1, -0.05) is 30.0 Å². The Morgan fingerprint density at radius 1 is 1.15 bits per heavy atom. The number of nitrogens with zero attached hydrogens (tertiary/aromatic N) is 3. The molecule has 0 aliphatic carbocycles. The van der Waals surface area contributed by atoms with Crippen molar-refractivity contribution >= 4 is 23.4 Å². The molecule has 27 heavy (non-hydrogen) atoms. The fourth-order valence-electron chi connectivity index (χ4n) is 2.56. The number of anilines is 1. The first-order valence-electron chi connectivity index (χ1n) is 8.36. The fourth-order valence-corrected chi connectivity index (χ4v) is 3.36. The molecule has 0 spiro atoms. The number of carbonyl (C=O) groups is 1. The van der Waals surface area contributed by atoms with Crippen LogP contribution >= 0.6 is 11.8 Å². The lowest BCUT2D eigenvalue weighted by Crippen LogP contribution is -2.15. The van der Waals surface area contributed by atoms with Crippen molar-refractivity contribution in [3.63, 3.8) is 0 Å². The van der Waals surface area contributed by atoms with E-state index >= 15 is 0 Å². The monoisotopic (exact) mass is 388 g/mol. The van der Waals surface area contributed by atoms with Crippen LogP contribution in [0, 0.1) is 18.6 Å². The van der Waals surface area contributed by atoms with Crippen molar-refractivity contribution in [2.75, 3.05) is 11.1 Å². The van der Waals surface area contributed by atoms with Crippen molar-refractivity contribution in [2.45, 2.75) is 25.5 Å². The maximum atomic E-state index is 14.0. The molecule has 1 heterocycles. The van der Waals surface area contributed by atoms with E-state index in [4.69, 9.17) is 0 Å². The first-order chi connectivity index (χ1) is 13.0. The number of rotatable bonds is 6. The predicted molar refractivity (Wildman–Crippen MR) is 102 cm³/mol. The van der Waals surface area contributed by atoms with Gasteiger partial charge in [-0.15, -0.1) is 10.2 Å². The van der Waals surface area contributed by atoms with Crippen LogP contribution in [0.2, 0.25) is 0 Å². The van der Waals surface area contributed by atoms with E-state index in [2.05, 4.69) is 15.5 Å². The largest absolute Gasteiger partial charge is 0.323 e. The minimum Gasteiger partial charge on any atom is -0.323 e. The summed E-state index contributed by atoms with van der Waals surface area (Å²) in [5, 5.41) is 11.2. The number of amides is 1. The van der Waals surface area contributed by atoms with Crippen LogP contribution in [0.1, 0.15) is 12.5 Å². The lowest BCUT2D eigenvalue weighted by molar-refractivity contribution is -0.113. The number of aromatic nitrogens is 3. The van der Waals surface area contributed by atoms with Crippen LogP contribution in [0.4, 0.5) is 14.5 Å². The zero-order valence-electron chi connectivity index (χ0n) is 14.9. The maximum absolute atomic E-state index is 14.0. The van der Waals surface area contributed by atoms with E-state index in [0.717, 1.165) is 17.3 Å². The van der Waals surface area contributed by atoms with Gasteiger partial charge in [0.2, 0.25) is 5.91 Å². The summed E-state index contributed by atoms with van der Waals surface area (Å²) in [4.78, 5) is 12.1. The number of carbonyl (C=O) groups excluding carboxylic acids is 1. The molecule has 8 heteroatoms. The molecule has 3 rings (SSSR count). The average molecular weight is 388 g/mol. The second-order valence-electron chi connectivity index (χ2n) is 5.85. The van der Waals surface area contributed by atoms with Crippen LogP contribution in [0.15, 0.2) is 47.6 Å². The molecule has 0 radical (unpaired) electrons. The van der Waals surface area contributed by atoms with Crippen molar-refractivity contribution in [2.24, 2.45) is 0 Å². The Balaban J connectivity index is 1.71. The molecule has 5 nitrogen and oxygen atoms in total. The standard InChI is InChI=1S/C19H18F2N4OS/c1-3-25-18(13-6-4-5-7-14(13)20)23-24-19(25)27-11-17(26)22-16-9-8-12(2)10-15(16)21/h4-10H,3,11H2,1-2H3,(H,22,26). The molecule has 0 saturated heterocycles. The Bertz CT molecular complexity index is 974. The van der Waals surface area contributed by atoms with Gasteiger partial charge in [0.05, 0.1) is 17.0 Å². The molecule has 140 valence electrons. The Morgan fingerprint density at radius 2 is 1.93 bits per heavy atom. The second kappa shape index (κ2) is 8.30. The van der Waals surface area contributed by atoms with Crippen LogP contribution in [0.3, 0.4) is 0 Å². The number of hydrogen-bond acceptors (Lipinski definition) is 4. The molecule has 0 atom stereocenters. The third-order valence-electron chi connectivity index (χ3n) is 3.88. The summed E-state index contributed by atoms with van der Waals surface area (Å²) in [6, 6.07) is 10.9. The molecule has 1 amide bonds. The van der Waals surface area contributed by atoms with Gasteiger partial charge >= 0.3 is 0 Å². The van der Waals surface area contributed by atoms with E-state index in [-0.39, 0.29) is 23.2 Å². The minimum absolute atomic E-state index is 0.0305.